The van der Waals surface area contributed by atoms with E-state index < -0.39 is 0 Å². The fraction of sp³-hybridized carbons (Fsp3) is 0.786. The predicted molar refractivity (Wildman–Crippen MR) is 75.4 cm³/mol. The number of carbonyl (C=O) groups excluding carboxylic acids is 1. The summed E-state index contributed by atoms with van der Waals surface area (Å²) in [5.41, 5.74) is 0.0791. The summed E-state index contributed by atoms with van der Waals surface area (Å²) in [6, 6.07) is 2.17. The number of nitriles is 1. The van der Waals surface area contributed by atoms with E-state index in [0.29, 0.717) is 17.2 Å². The van der Waals surface area contributed by atoms with Crippen molar-refractivity contribution < 1.29 is 4.79 Å². The molecule has 0 aromatic carbocycles. The second-order valence-electron chi connectivity index (χ2n) is 5.37. The maximum absolute atomic E-state index is 12.2. The normalized spacial score (nSPS) is 15.8. The van der Waals surface area contributed by atoms with Crippen molar-refractivity contribution in [2.24, 2.45) is 11.3 Å². The first-order valence-corrected chi connectivity index (χ1v) is 8.00. The van der Waals surface area contributed by atoms with Crippen molar-refractivity contribution in [1.29, 1.82) is 5.26 Å². The Morgan fingerprint density at radius 1 is 1.35 bits per heavy atom. The number of ketones is 1. The standard InChI is InChI=1S/C14H23NOS/c1-5-17(6-2)13(10-15)12(16)9-14(3,4)11-7-8-11/h11H,5-9H2,1-4H3. The van der Waals surface area contributed by atoms with Crippen LogP contribution in [0, 0.1) is 22.7 Å². The largest absolute Gasteiger partial charge is 0.293 e. The van der Waals surface area contributed by atoms with E-state index in [1.807, 2.05) is 0 Å². The Kier molecular flexibility index (Phi) is 4.94. The third-order valence-electron chi connectivity index (χ3n) is 3.64. The van der Waals surface area contributed by atoms with Gasteiger partial charge in [0.2, 0.25) is 0 Å². The van der Waals surface area contributed by atoms with E-state index in [-0.39, 0.29) is 21.7 Å². The fourth-order valence-corrected chi connectivity index (χ4v) is 3.79. The number of rotatable bonds is 6. The Bertz CT molecular complexity index is 366. The van der Waals surface area contributed by atoms with Crippen LogP contribution >= 0.6 is 10.5 Å². The molecule has 0 heterocycles. The maximum Gasteiger partial charge on any atom is 0.179 e. The molecule has 1 rings (SSSR count). The van der Waals surface area contributed by atoms with Gasteiger partial charge in [-0.05, 0) is 35.7 Å². The highest BCUT2D eigenvalue weighted by Crippen LogP contribution is 2.47. The number of carbonyl (C=O) groups is 1. The lowest BCUT2D eigenvalue weighted by molar-refractivity contribution is -0.114. The molecule has 0 aromatic rings. The molecule has 0 radical (unpaired) electrons. The van der Waals surface area contributed by atoms with Gasteiger partial charge in [-0.3, -0.25) is 4.79 Å². The molecule has 0 atom stereocenters. The Hall–Kier alpha value is -0.620. The molecule has 1 aliphatic rings. The van der Waals surface area contributed by atoms with Gasteiger partial charge in [-0.2, -0.15) is 15.7 Å². The molecule has 0 spiro atoms. The van der Waals surface area contributed by atoms with Crippen molar-refractivity contribution in [2.75, 3.05) is 11.5 Å². The van der Waals surface area contributed by atoms with Crippen molar-refractivity contribution in [3.05, 3.63) is 0 Å². The van der Waals surface area contributed by atoms with E-state index >= 15 is 0 Å². The van der Waals surface area contributed by atoms with Gasteiger partial charge in [0.25, 0.3) is 0 Å². The van der Waals surface area contributed by atoms with Gasteiger partial charge in [0.05, 0.1) is 0 Å². The third kappa shape index (κ3) is 3.67. The van der Waals surface area contributed by atoms with Gasteiger partial charge in [-0.25, -0.2) is 0 Å². The molecule has 96 valence electrons. The minimum Gasteiger partial charge on any atom is -0.293 e. The quantitative estimate of drug-likeness (QED) is 0.681. The second kappa shape index (κ2) is 5.82. The summed E-state index contributed by atoms with van der Waals surface area (Å²) in [5.74, 6) is 2.61. The van der Waals surface area contributed by atoms with Crippen LogP contribution in [0.3, 0.4) is 0 Å². The summed E-state index contributed by atoms with van der Waals surface area (Å²) in [5, 5.41) is 9.18. The molecular formula is C14H23NOS. The topological polar surface area (TPSA) is 40.9 Å². The van der Waals surface area contributed by atoms with E-state index in [1.165, 1.54) is 12.8 Å². The molecular weight excluding hydrogens is 230 g/mol. The van der Waals surface area contributed by atoms with Crippen LogP contribution in [0.1, 0.15) is 47.0 Å². The molecule has 0 N–H and O–H groups in total. The van der Waals surface area contributed by atoms with Crippen LogP contribution in [0.25, 0.3) is 0 Å². The molecule has 1 aliphatic carbocycles. The van der Waals surface area contributed by atoms with E-state index in [9.17, 15) is 10.1 Å². The highest BCUT2D eigenvalue weighted by molar-refractivity contribution is 8.17. The molecule has 0 aliphatic heterocycles. The summed E-state index contributed by atoms with van der Waals surface area (Å²) < 4.78 is 0. The molecule has 0 unspecified atom stereocenters. The predicted octanol–water partition coefficient (Wildman–Crippen LogP) is 3.39. The Morgan fingerprint density at radius 3 is 2.24 bits per heavy atom. The number of hydrogen-bond acceptors (Lipinski definition) is 2. The molecule has 2 nitrogen and oxygen atoms in total. The lowest BCUT2D eigenvalue weighted by Crippen LogP contribution is -2.24. The van der Waals surface area contributed by atoms with Crippen LogP contribution in [0.5, 0.6) is 0 Å². The number of Topliss-reactive ketones (excluding diaryl/α,β-unsaturated/α-hetero) is 1. The van der Waals surface area contributed by atoms with Crippen LogP contribution in [0.15, 0.2) is 0 Å². The van der Waals surface area contributed by atoms with Gasteiger partial charge < -0.3 is 0 Å². The SMILES string of the molecule is CCS(CC)=C(C#N)C(=O)CC(C)(C)C1CC1. The summed E-state index contributed by atoms with van der Waals surface area (Å²) in [6.45, 7) is 8.44. The van der Waals surface area contributed by atoms with Crippen molar-refractivity contribution in [3.63, 3.8) is 0 Å². The van der Waals surface area contributed by atoms with Crippen LogP contribution in [-0.2, 0) is 4.79 Å². The highest BCUT2D eigenvalue weighted by atomic mass is 32.2. The highest BCUT2D eigenvalue weighted by Gasteiger charge is 2.39. The van der Waals surface area contributed by atoms with Gasteiger partial charge in [0.15, 0.2) is 5.78 Å². The van der Waals surface area contributed by atoms with Crippen LogP contribution in [-0.4, -0.2) is 22.2 Å². The maximum atomic E-state index is 12.2. The molecule has 0 amide bonds. The van der Waals surface area contributed by atoms with Crippen molar-refractivity contribution in [2.45, 2.75) is 47.0 Å². The average molecular weight is 253 g/mol. The van der Waals surface area contributed by atoms with Gasteiger partial charge in [-0.15, -0.1) is 0 Å². The molecule has 1 saturated carbocycles. The van der Waals surface area contributed by atoms with Crippen molar-refractivity contribution in [3.8, 4) is 6.07 Å². The van der Waals surface area contributed by atoms with Crippen LogP contribution in [0.2, 0.25) is 0 Å². The fourth-order valence-electron chi connectivity index (χ4n) is 2.28. The molecule has 17 heavy (non-hydrogen) atoms. The minimum absolute atomic E-state index is 0.0791. The lowest BCUT2D eigenvalue weighted by atomic mass is 9.82. The zero-order chi connectivity index (χ0) is 13.1. The van der Waals surface area contributed by atoms with E-state index in [0.717, 1.165) is 11.5 Å². The van der Waals surface area contributed by atoms with Crippen LogP contribution in [0.4, 0.5) is 0 Å². The summed E-state index contributed by atoms with van der Waals surface area (Å²) >= 11 is 0. The lowest BCUT2D eigenvalue weighted by Gasteiger charge is -2.23. The first kappa shape index (κ1) is 14.4. The zero-order valence-corrected chi connectivity index (χ0v) is 12.2. The summed E-state index contributed by atoms with van der Waals surface area (Å²) in [4.78, 5) is 12.8. The average Bonchev–Trinajstić information content (AvgIpc) is 3.08. The van der Waals surface area contributed by atoms with E-state index in [4.69, 9.17) is 0 Å². The first-order chi connectivity index (χ1) is 7.96. The number of nitrogens with zero attached hydrogens (tertiary/aromatic N) is 1. The summed E-state index contributed by atoms with van der Waals surface area (Å²) in [7, 11) is -0.128. The van der Waals surface area contributed by atoms with Gasteiger partial charge in [0, 0.05) is 6.42 Å². The van der Waals surface area contributed by atoms with E-state index in [1.54, 1.807) is 0 Å². The molecule has 0 bridgehead atoms. The van der Waals surface area contributed by atoms with Crippen molar-refractivity contribution in [1.82, 2.24) is 0 Å². The monoisotopic (exact) mass is 253 g/mol. The first-order valence-electron chi connectivity index (χ1n) is 6.44. The smallest absolute Gasteiger partial charge is 0.179 e. The van der Waals surface area contributed by atoms with Gasteiger partial charge in [0.1, 0.15) is 10.9 Å². The van der Waals surface area contributed by atoms with Gasteiger partial charge >= 0.3 is 0 Å². The van der Waals surface area contributed by atoms with E-state index in [2.05, 4.69) is 33.8 Å². The van der Waals surface area contributed by atoms with Gasteiger partial charge in [-0.1, -0.05) is 27.7 Å². The Balaban J connectivity index is 2.81. The molecule has 1 fully saturated rings. The molecule has 0 saturated heterocycles. The Labute approximate surface area is 107 Å². The summed E-state index contributed by atoms with van der Waals surface area (Å²) in [6.07, 6.45) is 3.04. The zero-order valence-electron chi connectivity index (χ0n) is 11.4. The number of hydrogen-bond donors (Lipinski definition) is 0. The Morgan fingerprint density at radius 2 is 1.88 bits per heavy atom. The van der Waals surface area contributed by atoms with Crippen molar-refractivity contribution >= 4 is 21.1 Å². The third-order valence-corrected chi connectivity index (χ3v) is 5.93. The minimum atomic E-state index is -0.128. The molecule has 3 heteroatoms. The van der Waals surface area contributed by atoms with Crippen LogP contribution < -0.4 is 0 Å². The molecule has 0 aromatic heterocycles. The second-order valence-corrected chi connectivity index (χ2v) is 7.92.